The molecule has 3 heteroatoms. The van der Waals surface area contributed by atoms with Crippen LogP contribution in [0.1, 0.15) is 27.7 Å². The molecule has 1 heterocycles. The van der Waals surface area contributed by atoms with Crippen molar-refractivity contribution in [2.24, 2.45) is 11.3 Å². The van der Waals surface area contributed by atoms with E-state index in [9.17, 15) is 0 Å². The van der Waals surface area contributed by atoms with Crippen LogP contribution in [-0.4, -0.2) is 16.5 Å². The van der Waals surface area contributed by atoms with E-state index in [1.54, 1.807) is 18.6 Å². The average molecular weight is 193 g/mol. The molecular formula is C11H19N3. The van der Waals surface area contributed by atoms with Crippen molar-refractivity contribution in [2.45, 2.75) is 27.7 Å². The Bertz CT molecular complexity index is 264. The van der Waals surface area contributed by atoms with Crippen LogP contribution < -0.4 is 5.32 Å². The highest BCUT2D eigenvalue weighted by Gasteiger charge is 2.19. The molecule has 0 saturated heterocycles. The second-order valence-corrected chi connectivity index (χ2v) is 4.74. The van der Waals surface area contributed by atoms with Gasteiger partial charge in [-0.25, -0.2) is 4.98 Å². The van der Waals surface area contributed by atoms with Gasteiger partial charge in [-0.05, 0) is 11.3 Å². The van der Waals surface area contributed by atoms with E-state index < -0.39 is 0 Å². The Morgan fingerprint density at radius 1 is 1.36 bits per heavy atom. The Balaban J connectivity index is 2.42. The third-order valence-electron chi connectivity index (χ3n) is 2.63. The summed E-state index contributed by atoms with van der Waals surface area (Å²) >= 11 is 0. The quantitative estimate of drug-likeness (QED) is 0.801. The second-order valence-electron chi connectivity index (χ2n) is 4.74. The molecule has 0 saturated carbocycles. The van der Waals surface area contributed by atoms with Crippen molar-refractivity contribution in [3.05, 3.63) is 18.6 Å². The van der Waals surface area contributed by atoms with Gasteiger partial charge in [0.25, 0.3) is 0 Å². The molecular weight excluding hydrogens is 174 g/mol. The van der Waals surface area contributed by atoms with Gasteiger partial charge in [-0.2, -0.15) is 0 Å². The highest BCUT2D eigenvalue weighted by molar-refractivity contribution is 5.29. The molecule has 0 fully saturated rings. The Labute approximate surface area is 86.0 Å². The number of anilines is 1. The first-order valence-electron chi connectivity index (χ1n) is 5.00. The van der Waals surface area contributed by atoms with Gasteiger partial charge < -0.3 is 5.32 Å². The van der Waals surface area contributed by atoms with Gasteiger partial charge in [-0.3, -0.25) is 4.98 Å². The van der Waals surface area contributed by atoms with E-state index in [1.807, 2.05) is 0 Å². The molecule has 0 radical (unpaired) electrons. The number of nitrogens with zero attached hydrogens (tertiary/aromatic N) is 2. The lowest BCUT2D eigenvalue weighted by molar-refractivity contribution is 0.274. The molecule has 0 aliphatic rings. The third kappa shape index (κ3) is 3.32. The first-order valence-corrected chi connectivity index (χ1v) is 5.00. The minimum atomic E-state index is 0.329. The van der Waals surface area contributed by atoms with Crippen LogP contribution in [0.4, 0.5) is 5.82 Å². The second kappa shape index (κ2) is 4.40. The SMILES string of the molecule is CC(CNc1cnccn1)C(C)(C)C. The summed E-state index contributed by atoms with van der Waals surface area (Å²) in [7, 11) is 0. The van der Waals surface area contributed by atoms with Gasteiger partial charge in [0.2, 0.25) is 0 Å². The third-order valence-corrected chi connectivity index (χ3v) is 2.63. The van der Waals surface area contributed by atoms with Gasteiger partial charge in [0, 0.05) is 18.9 Å². The fourth-order valence-corrected chi connectivity index (χ4v) is 0.954. The van der Waals surface area contributed by atoms with E-state index in [-0.39, 0.29) is 0 Å². The minimum absolute atomic E-state index is 0.329. The van der Waals surface area contributed by atoms with Crippen molar-refractivity contribution in [1.29, 1.82) is 0 Å². The van der Waals surface area contributed by atoms with Gasteiger partial charge in [0.15, 0.2) is 0 Å². The van der Waals surface area contributed by atoms with Gasteiger partial charge in [0.1, 0.15) is 5.82 Å². The van der Waals surface area contributed by atoms with Crippen LogP contribution >= 0.6 is 0 Å². The molecule has 1 atom stereocenters. The van der Waals surface area contributed by atoms with Gasteiger partial charge in [-0.15, -0.1) is 0 Å². The summed E-state index contributed by atoms with van der Waals surface area (Å²) in [5, 5.41) is 3.28. The average Bonchev–Trinajstić information content (AvgIpc) is 2.14. The summed E-state index contributed by atoms with van der Waals surface area (Å²) in [5.41, 5.74) is 0.329. The maximum absolute atomic E-state index is 4.16. The lowest BCUT2D eigenvalue weighted by Crippen LogP contribution is -2.25. The van der Waals surface area contributed by atoms with E-state index in [4.69, 9.17) is 0 Å². The molecule has 0 aromatic carbocycles. The van der Waals surface area contributed by atoms with Gasteiger partial charge >= 0.3 is 0 Å². The number of hydrogen-bond donors (Lipinski definition) is 1. The van der Waals surface area contributed by atoms with Crippen molar-refractivity contribution < 1.29 is 0 Å². The Hall–Kier alpha value is -1.12. The summed E-state index contributed by atoms with van der Waals surface area (Å²) in [6.07, 6.45) is 5.12. The van der Waals surface area contributed by atoms with Gasteiger partial charge in [0.05, 0.1) is 6.20 Å². The predicted octanol–water partition coefficient (Wildman–Crippen LogP) is 2.57. The Morgan fingerprint density at radius 2 is 2.07 bits per heavy atom. The summed E-state index contributed by atoms with van der Waals surface area (Å²) in [5.74, 6) is 1.45. The first-order chi connectivity index (χ1) is 6.50. The van der Waals surface area contributed by atoms with Crippen LogP contribution in [0, 0.1) is 11.3 Å². The van der Waals surface area contributed by atoms with Crippen LogP contribution in [0.25, 0.3) is 0 Å². The zero-order chi connectivity index (χ0) is 10.6. The highest BCUT2D eigenvalue weighted by atomic mass is 15.0. The van der Waals surface area contributed by atoms with Crippen LogP contribution in [0.3, 0.4) is 0 Å². The summed E-state index contributed by atoms with van der Waals surface area (Å²) < 4.78 is 0. The lowest BCUT2D eigenvalue weighted by atomic mass is 9.82. The van der Waals surface area contributed by atoms with Crippen LogP contribution in [0.15, 0.2) is 18.6 Å². The van der Waals surface area contributed by atoms with Gasteiger partial charge in [-0.1, -0.05) is 27.7 Å². The van der Waals surface area contributed by atoms with Crippen molar-refractivity contribution in [3.8, 4) is 0 Å². The van der Waals surface area contributed by atoms with Crippen molar-refractivity contribution in [1.82, 2.24) is 9.97 Å². The van der Waals surface area contributed by atoms with E-state index >= 15 is 0 Å². The van der Waals surface area contributed by atoms with Crippen molar-refractivity contribution in [2.75, 3.05) is 11.9 Å². The molecule has 78 valence electrons. The number of rotatable bonds is 3. The monoisotopic (exact) mass is 193 g/mol. The van der Waals surface area contributed by atoms with Crippen LogP contribution in [0.2, 0.25) is 0 Å². The molecule has 0 bridgehead atoms. The largest absolute Gasteiger partial charge is 0.369 e. The maximum Gasteiger partial charge on any atom is 0.144 e. The predicted molar refractivity (Wildman–Crippen MR) is 59.1 cm³/mol. The number of hydrogen-bond acceptors (Lipinski definition) is 3. The fourth-order valence-electron chi connectivity index (χ4n) is 0.954. The molecule has 3 nitrogen and oxygen atoms in total. The molecule has 0 aliphatic carbocycles. The highest BCUT2D eigenvalue weighted by Crippen LogP contribution is 2.25. The van der Waals surface area contributed by atoms with Crippen LogP contribution in [0.5, 0.6) is 0 Å². The molecule has 14 heavy (non-hydrogen) atoms. The van der Waals surface area contributed by atoms with Crippen LogP contribution in [-0.2, 0) is 0 Å². The van der Waals surface area contributed by atoms with Crippen molar-refractivity contribution in [3.63, 3.8) is 0 Å². The lowest BCUT2D eigenvalue weighted by Gasteiger charge is -2.27. The Kier molecular flexibility index (Phi) is 3.44. The molecule has 1 unspecified atom stereocenters. The molecule has 1 N–H and O–H groups in total. The van der Waals surface area contributed by atoms with Crippen molar-refractivity contribution >= 4 is 5.82 Å². The van der Waals surface area contributed by atoms with E-state index in [2.05, 4.69) is 43.0 Å². The molecule has 0 amide bonds. The number of aromatic nitrogens is 2. The minimum Gasteiger partial charge on any atom is -0.369 e. The smallest absolute Gasteiger partial charge is 0.144 e. The molecule has 1 aromatic rings. The summed E-state index contributed by atoms with van der Waals surface area (Å²) in [6, 6.07) is 0. The topological polar surface area (TPSA) is 37.8 Å². The van der Waals surface area contributed by atoms with E-state index in [1.165, 1.54) is 0 Å². The standard InChI is InChI=1S/C11H19N3/c1-9(11(2,3)4)7-14-10-8-12-5-6-13-10/h5-6,8-9H,7H2,1-4H3,(H,13,14). The van der Waals surface area contributed by atoms with E-state index in [0.717, 1.165) is 12.4 Å². The zero-order valence-electron chi connectivity index (χ0n) is 9.41. The summed E-state index contributed by atoms with van der Waals surface area (Å²) in [6.45, 7) is 9.91. The number of nitrogens with one attached hydrogen (secondary N) is 1. The summed E-state index contributed by atoms with van der Waals surface area (Å²) in [4.78, 5) is 8.16. The first kappa shape index (κ1) is 11.0. The van der Waals surface area contributed by atoms with E-state index in [0.29, 0.717) is 11.3 Å². The fraction of sp³-hybridized carbons (Fsp3) is 0.636. The maximum atomic E-state index is 4.16. The molecule has 0 aliphatic heterocycles. The normalized spacial score (nSPS) is 13.7. The Morgan fingerprint density at radius 3 is 2.57 bits per heavy atom. The molecule has 1 rings (SSSR count). The molecule has 1 aromatic heterocycles. The molecule has 0 spiro atoms. The zero-order valence-corrected chi connectivity index (χ0v) is 9.41.